The Labute approximate surface area is 91.2 Å². The van der Waals surface area contributed by atoms with Crippen LogP contribution in [0.1, 0.15) is 25.3 Å². The predicted octanol–water partition coefficient (Wildman–Crippen LogP) is 4.52. The summed E-state index contributed by atoms with van der Waals surface area (Å²) in [5.41, 5.74) is 1.41. The molecule has 0 amide bonds. The van der Waals surface area contributed by atoms with E-state index in [0.29, 0.717) is 5.92 Å². The van der Waals surface area contributed by atoms with Crippen LogP contribution in [0.15, 0.2) is 54.6 Å². The van der Waals surface area contributed by atoms with Crippen LogP contribution in [0, 0.1) is 0 Å². The number of rotatable bonds is 2. The summed E-state index contributed by atoms with van der Waals surface area (Å²) < 4.78 is 0. The quantitative estimate of drug-likeness (QED) is 0.619. The van der Waals surface area contributed by atoms with Gasteiger partial charge in [0.15, 0.2) is 0 Å². The minimum Gasteiger partial charge on any atom is -0.0911 e. The highest BCUT2D eigenvalue weighted by Crippen LogP contribution is 2.26. The van der Waals surface area contributed by atoms with Crippen LogP contribution >= 0.6 is 0 Å². The molecule has 0 unspecified atom stereocenters. The highest BCUT2D eigenvalue weighted by molar-refractivity contribution is 5.86. The maximum absolute atomic E-state index is 2.24. The summed E-state index contributed by atoms with van der Waals surface area (Å²) in [7, 11) is 0. The smallest absolute Gasteiger partial charge is 0.000440 e. The highest BCUT2D eigenvalue weighted by Gasteiger charge is 2.04. The molecular formula is C15H16. The molecule has 0 nitrogen and oxygen atoms in total. The first-order valence-corrected chi connectivity index (χ1v) is 5.43. The van der Waals surface area contributed by atoms with Crippen molar-refractivity contribution in [2.24, 2.45) is 0 Å². The van der Waals surface area contributed by atoms with Gasteiger partial charge in [0.25, 0.3) is 0 Å². The van der Waals surface area contributed by atoms with Crippen molar-refractivity contribution in [2.45, 2.75) is 19.8 Å². The first-order chi connectivity index (χ1) is 7.33. The zero-order valence-corrected chi connectivity index (χ0v) is 9.27. The van der Waals surface area contributed by atoms with Gasteiger partial charge in [-0.3, -0.25) is 0 Å². The number of benzene rings is 2. The number of fused-ring (bicyclic) bond motifs is 1. The molecule has 0 heteroatoms. The fraction of sp³-hybridized carbons (Fsp3) is 0.200. The van der Waals surface area contributed by atoms with E-state index in [1.807, 2.05) is 0 Å². The lowest BCUT2D eigenvalue weighted by molar-refractivity contribution is 0.977. The molecule has 1 atom stereocenters. The van der Waals surface area contributed by atoms with Gasteiger partial charge in [0, 0.05) is 0 Å². The molecule has 0 saturated heterocycles. The van der Waals surface area contributed by atoms with E-state index in [4.69, 9.17) is 0 Å². The zero-order chi connectivity index (χ0) is 10.7. The van der Waals surface area contributed by atoms with Gasteiger partial charge >= 0.3 is 0 Å². The zero-order valence-electron chi connectivity index (χ0n) is 9.27. The van der Waals surface area contributed by atoms with E-state index >= 15 is 0 Å². The van der Waals surface area contributed by atoms with E-state index in [9.17, 15) is 0 Å². The summed E-state index contributed by atoms with van der Waals surface area (Å²) in [5.74, 6) is 0.487. The molecule has 0 aliphatic carbocycles. The average molecular weight is 196 g/mol. The molecule has 0 spiro atoms. The summed E-state index contributed by atoms with van der Waals surface area (Å²) in [6.07, 6.45) is 4.36. The molecule has 0 aliphatic rings. The molecule has 0 N–H and O–H groups in total. The van der Waals surface area contributed by atoms with Crippen molar-refractivity contribution in [3.05, 3.63) is 60.2 Å². The normalized spacial score (nSPS) is 13.5. The molecule has 0 fully saturated rings. The van der Waals surface area contributed by atoms with Gasteiger partial charge in [0.2, 0.25) is 0 Å². The van der Waals surface area contributed by atoms with Crippen molar-refractivity contribution in [1.29, 1.82) is 0 Å². The number of hydrogen-bond donors (Lipinski definition) is 0. The van der Waals surface area contributed by atoms with Crippen molar-refractivity contribution in [1.82, 2.24) is 0 Å². The Morgan fingerprint density at radius 1 is 1.00 bits per heavy atom. The molecule has 2 aromatic rings. The Hall–Kier alpha value is -1.56. The second kappa shape index (κ2) is 4.31. The number of allylic oxidation sites excluding steroid dienone is 2. The molecule has 2 rings (SSSR count). The third kappa shape index (κ3) is 1.94. The van der Waals surface area contributed by atoms with Gasteiger partial charge in [-0.1, -0.05) is 61.5 Å². The topological polar surface area (TPSA) is 0 Å². The third-order valence-corrected chi connectivity index (χ3v) is 2.80. The summed E-state index contributed by atoms with van der Waals surface area (Å²) in [4.78, 5) is 0. The first kappa shape index (κ1) is 9.97. The van der Waals surface area contributed by atoms with Gasteiger partial charge in [-0.25, -0.2) is 0 Å². The summed E-state index contributed by atoms with van der Waals surface area (Å²) >= 11 is 0. The van der Waals surface area contributed by atoms with Crippen molar-refractivity contribution in [3.8, 4) is 0 Å². The molecule has 0 radical (unpaired) electrons. The molecule has 2 aromatic carbocycles. The molecule has 0 heterocycles. The molecule has 0 aliphatic heterocycles. The minimum absolute atomic E-state index is 0.487. The molecule has 0 aromatic heterocycles. The predicted molar refractivity (Wildman–Crippen MR) is 67.2 cm³/mol. The standard InChI is InChI=1S/C15H16/c1-3-7-12(2)14-11-6-9-13-8-4-5-10-15(13)14/h3-12H,1-2H3/b7-3+/t12-/m0/s1. The van der Waals surface area contributed by atoms with E-state index in [0.717, 1.165) is 0 Å². The first-order valence-electron chi connectivity index (χ1n) is 5.43. The van der Waals surface area contributed by atoms with Crippen molar-refractivity contribution in [2.75, 3.05) is 0 Å². The van der Waals surface area contributed by atoms with Crippen LogP contribution in [0.2, 0.25) is 0 Å². The maximum Gasteiger partial charge on any atom is -0.000440 e. The van der Waals surface area contributed by atoms with Crippen LogP contribution in [0.25, 0.3) is 10.8 Å². The summed E-state index contributed by atoms with van der Waals surface area (Å²) in [5, 5.41) is 2.69. The van der Waals surface area contributed by atoms with E-state index in [2.05, 4.69) is 68.5 Å². The molecule has 0 saturated carbocycles. The molecule has 0 bridgehead atoms. The largest absolute Gasteiger partial charge is 0.0911 e. The Morgan fingerprint density at radius 2 is 1.73 bits per heavy atom. The lowest BCUT2D eigenvalue weighted by Crippen LogP contribution is -1.90. The Morgan fingerprint density at radius 3 is 2.53 bits per heavy atom. The second-order valence-corrected chi connectivity index (χ2v) is 3.88. The summed E-state index contributed by atoms with van der Waals surface area (Å²) in [6.45, 7) is 4.31. The fourth-order valence-electron chi connectivity index (χ4n) is 2.04. The second-order valence-electron chi connectivity index (χ2n) is 3.88. The van der Waals surface area contributed by atoms with Gasteiger partial charge in [-0.15, -0.1) is 0 Å². The van der Waals surface area contributed by atoms with E-state index in [-0.39, 0.29) is 0 Å². The lowest BCUT2D eigenvalue weighted by Gasteiger charge is -2.10. The minimum atomic E-state index is 0.487. The van der Waals surface area contributed by atoms with Crippen LogP contribution < -0.4 is 0 Å². The number of hydrogen-bond acceptors (Lipinski definition) is 0. The van der Waals surface area contributed by atoms with Gasteiger partial charge in [0.1, 0.15) is 0 Å². The van der Waals surface area contributed by atoms with Gasteiger partial charge in [0.05, 0.1) is 0 Å². The van der Waals surface area contributed by atoms with Crippen molar-refractivity contribution < 1.29 is 0 Å². The lowest BCUT2D eigenvalue weighted by atomic mass is 9.94. The van der Waals surface area contributed by atoms with Crippen LogP contribution in [0.3, 0.4) is 0 Å². The van der Waals surface area contributed by atoms with E-state index in [1.54, 1.807) is 0 Å². The van der Waals surface area contributed by atoms with Crippen LogP contribution in [0.5, 0.6) is 0 Å². The fourth-order valence-corrected chi connectivity index (χ4v) is 2.04. The van der Waals surface area contributed by atoms with E-state index < -0.39 is 0 Å². The van der Waals surface area contributed by atoms with Gasteiger partial charge in [-0.2, -0.15) is 0 Å². The SMILES string of the molecule is C/C=C/[C@H](C)c1cccc2ccccc12. The van der Waals surface area contributed by atoms with Gasteiger partial charge in [-0.05, 0) is 29.2 Å². The Bertz CT molecular complexity index is 475. The third-order valence-electron chi connectivity index (χ3n) is 2.80. The van der Waals surface area contributed by atoms with E-state index in [1.165, 1.54) is 16.3 Å². The maximum atomic E-state index is 2.24. The average Bonchev–Trinajstić information content (AvgIpc) is 2.28. The Balaban J connectivity index is 2.60. The summed E-state index contributed by atoms with van der Waals surface area (Å²) in [6, 6.07) is 15.1. The molecule has 15 heavy (non-hydrogen) atoms. The van der Waals surface area contributed by atoms with Crippen molar-refractivity contribution >= 4 is 10.8 Å². The highest BCUT2D eigenvalue weighted by atomic mass is 14.1. The van der Waals surface area contributed by atoms with Crippen LogP contribution in [-0.2, 0) is 0 Å². The van der Waals surface area contributed by atoms with Crippen LogP contribution in [-0.4, -0.2) is 0 Å². The molecule has 76 valence electrons. The Kier molecular flexibility index (Phi) is 2.86. The van der Waals surface area contributed by atoms with Crippen LogP contribution in [0.4, 0.5) is 0 Å². The van der Waals surface area contributed by atoms with Crippen molar-refractivity contribution in [3.63, 3.8) is 0 Å². The monoisotopic (exact) mass is 196 g/mol. The van der Waals surface area contributed by atoms with Gasteiger partial charge < -0.3 is 0 Å². The molecular weight excluding hydrogens is 180 g/mol.